The van der Waals surface area contributed by atoms with Crippen molar-refractivity contribution in [3.05, 3.63) is 113 Å². The Morgan fingerprint density at radius 2 is 1.44 bits per heavy atom. The van der Waals surface area contributed by atoms with Crippen LogP contribution in [0.25, 0.3) is 11.1 Å². The molecule has 0 aromatic heterocycles. The quantitative estimate of drug-likeness (QED) is 0.174. The first-order valence-corrected chi connectivity index (χ1v) is 13.4. The average molecular weight is 524 g/mol. The molecule has 3 aromatic carbocycles. The summed E-state index contributed by atoms with van der Waals surface area (Å²) in [7, 11) is 0. The summed E-state index contributed by atoms with van der Waals surface area (Å²) in [5, 5.41) is 12.6. The summed E-state index contributed by atoms with van der Waals surface area (Å²) in [4.78, 5) is 37.2. The minimum atomic E-state index is -0.936. The number of amides is 1. The van der Waals surface area contributed by atoms with E-state index in [1.54, 1.807) is 24.3 Å². The van der Waals surface area contributed by atoms with E-state index >= 15 is 0 Å². The Hall–Kier alpha value is -4.25. The summed E-state index contributed by atoms with van der Waals surface area (Å²) in [6, 6.07) is 22.1. The number of carboxylic acid groups (broad SMARTS) is 1. The lowest BCUT2D eigenvalue weighted by atomic mass is 9.91. The summed E-state index contributed by atoms with van der Waals surface area (Å²) in [6.07, 6.45) is 9.10. The fourth-order valence-corrected chi connectivity index (χ4v) is 4.28. The summed E-state index contributed by atoms with van der Waals surface area (Å²) >= 11 is 0. The van der Waals surface area contributed by atoms with Crippen LogP contribution in [0.5, 0.6) is 0 Å². The van der Waals surface area contributed by atoms with Crippen molar-refractivity contribution in [3.63, 3.8) is 0 Å². The van der Waals surface area contributed by atoms with Crippen molar-refractivity contribution in [2.24, 2.45) is 5.92 Å². The normalized spacial score (nSPS) is 12.3. The van der Waals surface area contributed by atoms with Crippen LogP contribution < -0.4 is 5.32 Å². The highest BCUT2D eigenvalue weighted by Crippen LogP contribution is 2.25. The lowest BCUT2D eigenvalue weighted by Gasteiger charge is -2.13. The van der Waals surface area contributed by atoms with Crippen molar-refractivity contribution in [2.75, 3.05) is 5.32 Å². The Labute approximate surface area is 231 Å². The summed E-state index contributed by atoms with van der Waals surface area (Å²) in [6.45, 7) is 6.02. The number of anilines is 1. The molecule has 1 amide bonds. The standard InChI is InChI=1S/C34H37NO4/c1-4-6-7-8-25(5-2)11-14-30(34(38)39)23-32(36)28-17-15-26(16-18-28)27-19-21-31(22-20-27)35-33(37)29-12-9-24(3)10-13-29/h5-7,9-10,12-13,15-22,30H,4,8,11,14,23H2,1-3H3,(H,35,37)(H,38,39)/b7-6-,25-5+. The van der Waals surface area contributed by atoms with Crippen molar-refractivity contribution in [2.45, 2.75) is 52.9 Å². The zero-order valence-electron chi connectivity index (χ0n) is 22.9. The van der Waals surface area contributed by atoms with E-state index in [0.29, 0.717) is 29.7 Å². The number of Topliss-reactive ketones (excluding diaryl/α,β-unsaturated/α-hetero) is 1. The molecule has 39 heavy (non-hydrogen) atoms. The van der Waals surface area contributed by atoms with E-state index in [2.05, 4.69) is 24.4 Å². The van der Waals surface area contributed by atoms with Gasteiger partial charge in [-0.2, -0.15) is 0 Å². The van der Waals surface area contributed by atoms with Crippen LogP contribution in [0.15, 0.2) is 96.6 Å². The molecular formula is C34H37NO4. The highest BCUT2D eigenvalue weighted by atomic mass is 16.4. The van der Waals surface area contributed by atoms with Gasteiger partial charge in [-0.1, -0.05) is 84.8 Å². The molecule has 0 aliphatic rings. The molecule has 0 aliphatic carbocycles. The fourth-order valence-electron chi connectivity index (χ4n) is 4.28. The van der Waals surface area contributed by atoms with E-state index < -0.39 is 11.9 Å². The highest BCUT2D eigenvalue weighted by molar-refractivity contribution is 6.04. The van der Waals surface area contributed by atoms with Gasteiger partial charge in [0.2, 0.25) is 0 Å². The number of hydrogen-bond donors (Lipinski definition) is 2. The van der Waals surface area contributed by atoms with Crippen molar-refractivity contribution < 1.29 is 19.5 Å². The largest absolute Gasteiger partial charge is 0.481 e. The number of aryl methyl sites for hydroxylation is 1. The number of carbonyl (C=O) groups excluding carboxylic acids is 2. The molecular weight excluding hydrogens is 486 g/mol. The van der Waals surface area contributed by atoms with E-state index in [-0.39, 0.29) is 18.1 Å². The van der Waals surface area contributed by atoms with E-state index in [9.17, 15) is 19.5 Å². The number of rotatable bonds is 13. The van der Waals surface area contributed by atoms with Crippen molar-refractivity contribution in [1.29, 1.82) is 0 Å². The van der Waals surface area contributed by atoms with Gasteiger partial charge in [-0.3, -0.25) is 14.4 Å². The Balaban J connectivity index is 1.59. The molecule has 0 aliphatic heterocycles. The molecule has 5 nitrogen and oxygen atoms in total. The van der Waals surface area contributed by atoms with Crippen LogP contribution in [0.3, 0.4) is 0 Å². The molecule has 0 saturated carbocycles. The third-order valence-electron chi connectivity index (χ3n) is 6.78. The van der Waals surface area contributed by atoms with Crippen LogP contribution in [0, 0.1) is 12.8 Å². The minimum absolute atomic E-state index is 0.0220. The second-order valence-corrected chi connectivity index (χ2v) is 9.71. The van der Waals surface area contributed by atoms with Crippen LogP contribution in [-0.2, 0) is 4.79 Å². The van der Waals surface area contributed by atoms with Crippen molar-refractivity contribution in [3.8, 4) is 11.1 Å². The van der Waals surface area contributed by atoms with Gasteiger partial charge in [-0.25, -0.2) is 0 Å². The number of carbonyl (C=O) groups is 3. The Morgan fingerprint density at radius 3 is 2.00 bits per heavy atom. The van der Waals surface area contributed by atoms with E-state index in [0.717, 1.165) is 29.5 Å². The molecule has 2 N–H and O–H groups in total. The number of benzene rings is 3. The number of allylic oxidation sites excluding steroid dienone is 4. The number of ketones is 1. The second-order valence-electron chi connectivity index (χ2n) is 9.71. The SMILES string of the molecule is C/C=C(\C/C=C\CC)CCC(CC(=O)c1ccc(-c2ccc(NC(=O)c3ccc(C)cc3)cc2)cc1)C(=O)O. The van der Waals surface area contributed by atoms with Gasteiger partial charge in [-0.05, 0) is 74.9 Å². The van der Waals surface area contributed by atoms with Gasteiger partial charge in [0.25, 0.3) is 5.91 Å². The lowest BCUT2D eigenvalue weighted by molar-refractivity contribution is -0.141. The Morgan fingerprint density at radius 1 is 0.846 bits per heavy atom. The first kappa shape index (κ1) is 29.3. The highest BCUT2D eigenvalue weighted by Gasteiger charge is 2.22. The van der Waals surface area contributed by atoms with Crippen LogP contribution in [0.1, 0.15) is 72.2 Å². The third kappa shape index (κ3) is 8.92. The predicted molar refractivity (Wildman–Crippen MR) is 158 cm³/mol. The number of aliphatic carboxylic acids is 1. The minimum Gasteiger partial charge on any atom is -0.481 e. The first-order chi connectivity index (χ1) is 18.8. The summed E-state index contributed by atoms with van der Waals surface area (Å²) in [5.74, 6) is -1.99. The third-order valence-corrected chi connectivity index (χ3v) is 6.78. The Kier molecular flexibility index (Phi) is 11.0. The maximum Gasteiger partial charge on any atom is 0.306 e. The van der Waals surface area contributed by atoms with E-state index in [1.165, 1.54) is 5.57 Å². The van der Waals surface area contributed by atoms with Crippen LogP contribution in [0.2, 0.25) is 0 Å². The van der Waals surface area contributed by atoms with Crippen LogP contribution in [0.4, 0.5) is 5.69 Å². The number of nitrogens with one attached hydrogen (secondary N) is 1. The summed E-state index contributed by atoms with van der Waals surface area (Å²) in [5.41, 5.74) is 5.95. The van der Waals surface area contributed by atoms with Gasteiger partial charge < -0.3 is 10.4 Å². The maximum absolute atomic E-state index is 12.9. The molecule has 0 bridgehead atoms. The van der Waals surface area contributed by atoms with Crippen LogP contribution >= 0.6 is 0 Å². The lowest BCUT2D eigenvalue weighted by Crippen LogP contribution is -2.18. The summed E-state index contributed by atoms with van der Waals surface area (Å²) < 4.78 is 0. The van der Waals surface area contributed by atoms with Crippen molar-refractivity contribution >= 4 is 23.3 Å². The molecule has 5 heteroatoms. The predicted octanol–water partition coefficient (Wildman–Crippen LogP) is 8.27. The Bertz CT molecular complexity index is 1320. The smallest absolute Gasteiger partial charge is 0.306 e. The first-order valence-electron chi connectivity index (χ1n) is 13.4. The molecule has 0 spiro atoms. The number of hydrogen-bond acceptors (Lipinski definition) is 3. The molecule has 1 atom stereocenters. The monoisotopic (exact) mass is 523 g/mol. The zero-order valence-corrected chi connectivity index (χ0v) is 22.9. The van der Waals surface area contributed by atoms with E-state index in [1.807, 2.05) is 68.5 Å². The molecule has 0 saturated heterocycles. The molecule has 3 aromatic rings. The van der Waals surface area contributed by atoms with Gasteiger partial charge in [0.1, 0.15) is 0 Å². The van der Waals surface area contributed by atoms with Crippen molar-refractivity contribution in [1.82, 2.24) is 0 Å². The fraction of sp³-hybridized carbons (Fsp3) is 0.265. The maximum atomic E-state index is 12.9. The van der Waals surface area contributed by atoms with Gasteiger partial charge in [0.15, 0.2) is 5.78 Å². The molecule has 0 radical (unpaired) electrons. The molecule has 0 heterocycles. The molecule has 1 unspecified atom stereocenters. The zero-order chi connectivity index (χ0) is 28.2. The molecule has 3 rings (SSSR count). The van der Waals surface area contributed by atoms with Gasteiger partial charge in [0, 0.05) is 23.2 Å². The van der Waals surface area contributed by atoms with Gasteiger partial charge in [-0.15, -0.1) is 0 Å². The number of carboxylic acids is 1. The second kappa shape index (κ2) is 14.6. The average Bonchev–Trinajstić information content (AvgIpc) is 2.94. The topological polar surface area (TPSA) is 83.5 Å². The van der Waals surface area contributed by atoms with Gasteiger partial charge in [0.05, 0.1) is 5.92 Å². The van der Waals surface area contributed by atoms with Crippen LogP contribution in [-0.4, -0.2) is 22.8 Å². The molecule has 0 fully saturated rings. The van der Waals surface area contributed by atoms with Gasteiger partial charge >= 0.3 is 5.97 Å². The molecule has 202 valence electrons. The van der Waals surface area contributed by atoms with E-state index in [4.69, 9.17) is 0 Å².